The van der Waals surface area contributed by atoms with Crippen molar-refractivity contribution in [3.05, 3.63) is 100 Å². The van der Waals surface area contributed by atoms with Gasteiger partial charge in [-0.2, -0.15) is 5.32 Å². The maximum atomic E-state index is 12.5. The summed E-state index contributed by atoms with van der Waals surface area (Å²) in [5.74, 6) is 1.52. The van der Waals surface area contributed by atoms with Gasteiger partial charge in [-0.25, -0.2) is 4.79 Å². The van der Waals surface area contributed by atoms with Gasteiger partial charge in [-0.1, -0.05) is 59.7 Å². The van der Waals surface area contributed by atoms with Crippen LogP contribution >= 0.6 is 11.8 Å². The molecule has 176 valence electrons. The van der Waals surface area contributed by atoms with Gasteiger partial charge in [0, 0.05) is 38.0 Å². The third kappa shape index (κ3) is 4.86. The first-order valence-corrected chi connectivity index (χ1v) is 12.2. The number of hydrogen-bond donors (Lipinski definition) is 1. The van der Waals surface area contributed by atoms with Crippen molar-refractivity contribution in [2.24, 2.45) is 5.10 Å². The van der Waals surface area contributed by atoms with E-state index in [-0.39, 0.29) is 11.3 Å². The lowest BCUT2D eigenvalue weighted by atomic mass is 9.99. The number of carbonyl (C=O) groups is 1. The zero-order chi connectivity index (χ0) is 24.4. The molecule has 1 saturated heterocycles. The van der Waals surface area contributed by atoms with Crippen molar-refractivity contribution in [2.75, 3.05) is 26.1 Å². The highest BCUT2D eigenvalue weighted by atomic mass is 32.2. The van der Waals surface area contributed by atoms with Gasteiger partial charge in [0.15, 0.2) is 6.04 Å². The number of rotatable bonds is 5. The Morgan fingerprint density at radius 2 is 1.74 bits per heavy atom. The molecule has 1 atom stereocenters. The maximum absolute atomic E-state index is 12.5. The number of nitrogens with zero attached hydrogens (tertiary/aromatic N) is 3. The third-order valence-corrected chi connectivity index (χ3v) is 6.93. The second-order valence-corrected chi connectivity index (χ2v) is 9.62. The number of amides is 1. The number of nitrogens with one attached hydrogen (secondary N) is 1. The predicted molar refractivity (Wildman–Crippen MR) is 143 cm³/mol. The molecule has 3 aromatic carbocycles. The Bertz CT molecular complexity index is 1330. The number of hydrazone groups is 1. The summed E-state index contributed by atoms with van der Waals surface area (Å²) in [5, 5.41) is 7.96. The molecule has 1 N–H and O–H groups in total. The van der Waals surface area contributed by atoms with E-state index in [1.54, 1.807) is 7.11 Å². The normalized spacial score (nSPS) is 20.7. The molecule has 0 aromatic heterocycles. The molecule has 35 heavy (non-hydrogen) atoms. The Labute approximate surface area is 209 Å². The molecule has 1 fully saturated rings. The van der Waals surface area contributed by atoms with E-state index < -0.39 is 0 Å². The zero-order valence-electron chi connectivity index (χ0n) is 19.9. The zero-order valence-corrected chi connectivity index (χ0v) is 20.8. The number of carbonyl (C=O) groups excluding carboxylic acids is 1. The fourth-order valence-corrected chi connectivity index (χ4v) is 5.01. The van der Waals surface area contributed by atoms with Gasteiger partial charge in [0.25, 0.3) is 0 Å². The molecule has 0 bridgehead atoms. The molecule has 1 amide bonds. The minimum absolute atomic E-state index is 0.0513. The van der Waals surface area contributed by atoms with Crippen molar-refractivity contribution >= 4 is 40.3 Å². The molecule has 2 heterocycles. The van der Waals surface area contributed by atoms with Gasteiger partial charge in [0.2, 0.25) is 0 Å². The number of anilines is 1. The van der Waals surface area contributed by atoms with Crippen LogP contribution in [-0.2, 0) is 0 Å². The summed E-state index contributed by atoms with van der Waals surface area (Å²) >= 11 is 1.20. The minimum atomic E-state index is -0.104. The molecule has 2 aliphatic rings. The van der Waals surface area contributed by atoms with Crippen LogP contribution in [0.4, 0.5) is 10.5 Å². The minimum Gasteiger partial charge on any atom is -0.497 e. The van der Waals surface area contributed by atoms with E-state index in [1.165, 1.54) is 11.8 Å². The Morgan fingerprint density at radius 1 is 1.03 bits per heavy atom. The van der Waals surface area contributed by atoms with Gasteiger partial charge in [-0.05, 0) is 47.0 Å². The largest absolute Gasteiger partial charge is 0.497 e. The van der Waals surface area contributed by atoms with E-state index in [0.717, 1.165) is 45.2 Å². The van der Waals surface area contributed by atoms with Crippen molar-refractivity contribution < 1.29 is 14.2 Å². The second-order valence-electron chi connectivity index (χ2n) is 8.61. The summed E-state index contributed by atoms with van der Waals surface area (Å²) in [6.45, 7) is 0. The first kappa shape index (κ1) is 22.9. The summed E-state index contributed by atoms with van der Waals surface area (Å²) in [6, 6.07) is 26.5. The van der Waals surface area contributed by atoms with Crippen LogP contribution in [0.25, 0.3) is 6.08 Å². The van der Waals surface area contributed by atoms with Crippen LogP contribution < -0.4 is 15.0 Å². The number of amidine groups is 1. The van der Waals surface area contributed by atoms with Crippen molar-refractivity contribution in [3.63, 3.8) is 0 Å². The molecule has 0 spiro atoms. The van der Waals surface area contributed by atoms with Crippen LogP contribution in [0.15, 0.2) is 88.9 Å². The highest BCUT2D eigenvalue weighted by Crippen LogP contribution is 2.35. The molecule has 6 nitrogen and oxygen atoms in total. The molecule has 0 saturated carbocycles. The summed E-state index contributed by atoms with van der Waals surface area (Å²) in [4.78, 5) is 15.4. The fourth-order valence-electron chi connectivity index (χ4n) is 4.23. The van der Waals surface area contributed by atoms with E-state index in [1.807, 2.05) is 55.2 Å². The van der Waals surface area contributed by atoms with Crippen molar-refractivity contribution in [1.82, 2.24) is 5.32 Å². The van der Waals surface area contributed by atoms with Gasteiger partial charge in [-0.15, -0.1) is 4.68 Å². The average Bonchev–Trinajstić information content (AvgIpc) is 3.48. The maximum Gasteiger partial charge on any atom is 0.372 e. The molecule has 0 radical (unpaired) electrons. The number of ether oxygens (including phenoxy) is 1. The molecular weight excluding hydrogens is 456 g/mol. The Hall–Kier alpha value is -3.84. The lowest BCUT2D eigenvalue weighted by molar-refractivity contribution is -0.568. The molecule has 7 heteroatoms. The standard InChI is InChI=1S/C28H26N4O2S/c1-31(2)22-13-9-19(10-14-22)17-26-27(29-28(33)35-26)32-25(21-11-15-23(34-3)16-12-21)18-24(30-32)20-7-5-4-6-8-20/h4-17,25H,18H2,1-3H3/p+1/b26-17-/t25-/m1/s1. The predicted octanol–water partition coefficient (Wildman–Crippen LogP) is 5.52. The van der Waals surface area contributed by atoms with Gasteiger partial charge in [-0.3, -0.25) is 0 Å². The SMILES string of the molecule is COc1ccc([C@H]2CC(c3ccccc3)=N/[N+]2=C2\NC(=O)S\C2=C/c2ccc(N(C)C)cc2)cc1. The number of hydrogen-bond acceptors (Lipinski definition) is 5. The van der Waals surface area contributed by atoms with Crippen LogP contribution in [0.1, 0.15) is 29.2 Å². The van der Waals surface area contributed by atoms with Gasteiger partial charge in [0.1, 0.15) is 10.7 Å². The first-order valence-electron chi connectivity index (χ1n) is 11.4. The lowest BCUT2D eigenvalue weighted by Gasteiger charge is -2.12. The molecule has 0 aliphatic carbocycles. The molecule has 0 unspecified atom stereocenters. The fraction of sp³-hybridized carbons (Fsp3) is 0.179. The first-order chi connectivity index (χ1) is 17.0. The van der Waals surface area contributed by atoms with Gasteiger partial charge >= 0.3 is 11.1 Å². The summed E-state index contributed by atoms with van der Waals surface area (Å²) in [7, 11) is 5.70. The smallest absolute Gasteiger partial charge is 0.372 e. The molecular formula is C28H27N4O2S+. The van der Waals surface area contributed by atoms with Crippen molar-refractivity contribution in [2.45, 2.75) is 12.5 Å². The topological polar surface area (TPSA) is 56.9 Å². The lowest BCUT2D eigenvalue weighted by Crippen LogP contribution is -2.29. The van der Waals surface area contributed by atoms with Gasteiger partial charge < -0.3 is 9.64 Å². The highest BCUT2D eigenvalue weighted by molar-refractivity contribution is 8.18. The second kappa shape index (κ2) is 9.80. The van der Waals surface area contributed by atoms with Crippen LogP contribution in [0.3, 0.4) is 0 Å². The van der Waals surface area contributed by atoms with Crippen LogP contribution in [-0.4, -0.2) is 42.7 Å². The summed E-state index contributed by atoms with van der Waals surface area (Å²) in [5.41, 5.74) is 5.32. The van der Waals surface area contributed by atoms with Crippen molar-refractivity contribution in [3.8, 4) is 5.75 Å². The molecule has 2 aliphatic heterocycles. The molecule has 3 aromatic rings. The van der Waals surface area contributed by atoms with Crippen LogP contribution in [0, 0.1) is 0 Å². The van der Waals surface area contributed by atoms with Crippen LogP contribution in [0.2, 0.25) is 0 Å². The summed E-state index contributed by atoms with van der Waals surface area (Å²) in [6.07, 6.45) is 2.77. The monoisotopic (exact) mass is 483 g/mol. The van der Waals surface area contributed by atoms with Gasteiger partial charge in [0.05, 0.1) is 12.8 Å². The highest BCUT2D eigenvalue weighted by Gasteiger charge is 2.40. The Kier molecular flexibility index (Phi) is 6.42. The van der Waals surface area contributed by atoms with E-state index in [0.29, 0.717) is 5.84 Å². The Morgan fingerprint density at radius 3 is 2.40 bits per heavy atom. The van der Waals surface area contributed by atoms with Crippen molar-refractivity contribution in [1.29, 1.82) is 0 Å². The number of benzene rings is 3. The molecule has 5 rings (SSSR count). The Balaban J connectivity index is 1.59. The van der Waals surface area contributed by atoms with E-state index in [2.05, 4.69) is 58.7 Å². The van der Waals surface area contributed by atoms with E-state index in [4.69, 9.17) is 9.84 Å². The third-order valence-electron chi connectivity index (χ3n) is 6.11. The quantitative estimate of drug-likeness (QED) is 0.486. The average molecular weight is 484 g/mol. The van der Waals surface area contributed by atoms with Crippen LogP contribution in [0.5, 0.6) is 5.75 Å². The summed E-state index contributed by atoms with van der Waals surface area (Å²) < 4.78 is 7.31. The van der Waals surface area contributed by atoms with E-state index >= 15 is 0 Å². The van der Waals surface area contributed by atoms with E-state index in [9.17, 15) is 4.79 Å². The number of thioether (sulfide) groups is 1. The number of methoxy groups -OCH3 is 1.